The molecule has 1 amide bonds. The summed E-state index contributed by atoms with van der Waals surface area (Å²) in [5, 5.41) is 2.65. The Hall–Kier alpha value is -2.90. The van der Waals surface area contributed by atoms with Crippen LogP contribution in [0.4, 0.5) is 4.79 Å². The predicted molar refractivity (Wildman–Crippen MR) is 103 cm³/mol. The van der Waals surface area contributed by atoms with Crippen molar-refractivity contribution in [3.63, 3.8) is 0 Å². The van der Waals surface area contributed by atoms with Gasteiger partial charge < -0.3 is 19.5 Å². The number of Topliss-reactive ketones (excluding diaryl/α,β-unsaturated/α-hetero) is 1. The van der Waals surface area contributed by atoms with Crippen LogP contribution in [0.15, 0.2) is 30.3 Å². The van der Waals surface area contributed by atoms with E-state index in [9.17, 15) is 19.2 Å². The van der Waals surface area contributed by atoms with E-state index >= 15 is 0 Å². The van der Waals surface area contributed by atoms with Gasteiger partial charge in [-0.15, -0.1) is 0 Å². The number of rotatable bonds is 6. The summed E-state index contributed by atoms with van der Waals surface area (Å²) in [4.78, 5) is 49.2. The molecule has 0 radical (unpaired) electrons. The van der Waals surface area contributed by atoms with Gasteiger partial charge in [-0.25, -0.2) is 4.79 Å². The number of ether oxygens (including phenoxy) is 3. The van der Waals surface area contributed by atoms with Gasteiger partial charge in [-0.2, -0.15) is 0 Å². The van der Waals surface area contributed by atoms with E-state index in [0.29, 0.717) is 6.42 Å². The number of cyclic esters (lactones) is 2. The Labute approximate surface area is 169 Å². The second kappa shape index (κ2) is 8.63. The lowest BCUT2D eigenvalue weighted by molar-refractivity contribution is -0.238. The molecule has 0 bridgehead atoms. The minimum absolute atomic E-state index is 0.260. The molecule has 8 nitrogen and oxygen atoms in total. The number of ketones is 1. The van der Waals surface area contributed by atoms with Gasteiger partial charge in [0.1, 0.15) is 5.60 Å². The summed E-state index contributed by atoms with van der Waals surface area (Å²) < 4.78 is 15.3. The zero-order valence-electron chi connectivity index (χ0n) is 17.3. The van der Waals surface area contributed by atoms with E-state index in [-0.39, 0.29) is 6.42 Å². The van der Waals surface area contributed by atoms with Crippen LogP contribution in [0.2, 0.25) is 0 Å². The molecule has 0 spiro atoms. The Kier molecular flexibility index (Phi) is 6.66. The first kappa shape index (κ1) is 22.4. The van der Waals surface area contributed by atoms with Crippen molar-refractivity contribution >= 4 is 23.8 Å². The predicted octanol–water partition coefficient (Wildman–Crippen LogP) is 2.53. The number of carbonyl (C=O) groups excluding carboxylic acids is 4. The number of carbonyl (C=O) groups is 4. The molecule has 0 aliphatic carbocycles. The lowest BCUT2D eigenvalue weighted by Crippen LogP contribution is -2.50. The molecule has 0 aromatic heterocycles. The van der Waals surface area contributed by atoms with Gasteiger partial charge in [0.15, 0.2) is 5.78 Å². The number of amides is 1. The third-order valence-corrected chi connectivity index (χ3v) is 3.98. The third kappa shape index (κ3) is 6.89. The highest BCUT2D eigenvalue weighted by molar-refractivity contribution is 6.16. The molecule has 1 aromatic carbocycles. The number of esters is 2. The smallest absolute Gasteiger partial charge is 0.407 e. The summed E-state index contributed by atoms with van der Waals surface area (Å²) in [6.07, 6.45) is -0.640. The van der Waals surface area contributed by atoms with E-state index in [1.165, 1.54) is 13.8 Å². The summed E-state index contributed by atoms with van der Waals surface area (Å²) in [6, 6.07) is 8.52. The van der Waals surface area contributed by atoms with Gasteiger partial charge in [0.2, 0.25) is 5.92 Å². The molecule has 29 heavy (non-hydrogen) atoms. The number of benzene rings is 1. The fraction of sp³-hybridized carbons (Fsp3) is 0.524. The summed E-state index contributed by atoms with van der Waals surface area (Å²) in [5.41, 5.74) is 0.157. The van der Waals surface area contributed by atoms with Crippen molar-refractivity contribution in [2.75, 3.05) is 0 Å². The van der Waals surface area contributed by atoms with Crippen molar-refractivity contribution in [1.29, 1.82) is 0 Å². The van der Waals surface area contributed by atoms with Crippen LogP contribution in [0.25, 0.3) is 0 Å². The first-order valence-corrected chi connectivity index (χ1v) is 9.38. The molecule has 158 valence electrons. The Morgan fingerprint density at radius 3 is 2.17 bits per heavy atom. The Balaban J connectivity index is 2.13. The monoisotopic (exact) mass is 405 g/mol. The van der Waals surface area contributed by atoms with Crippen LogP contribution >= 0.6 is 0 Å². The molecule has 1 fully saturated rings. The van der Waals surface area contributed by atoms with Gasteiger partial charge in [0.25, 0.3) is 5.79 Å². The summed E-state index contributed by atoms with van der Waals surface area (Å²) >= 11 is 0. The lowest BCUT2D eigenvalue weighted by Gasteiger charge is -2.32. The van der Waals surface area contributed by atoms with E-state index in [1.807, 2.05) is 30.3 Å². The van der Waals surface area contributed by atoms with Gasteiger partial charge in [-0.1, -0.05) is 30.3 Å². The first-order chi connectivity index (χ1) is 13.4. The SMILES string of the molecule is CC(C)(C)OC(=O)NC(CC(=O)C1C(=O)OC(C)(C)OC1=O)Cc1ccccc1. The van der Waals surface area contributed by atoms with Crippen LogP contribution in [-0.4, -0.2) is 41.2 Å². The molecular formula is C21H27NO7. The van der Waals surface area contributed by atoms with Gasteiger partial charge >= 0.3 is 18.0 Å². The van der Waals surface area contributed by atoms with Crippen molar-refractivity contribution in [3.05, 3.63) is 35.9 Å². The van der Waals surface area contributed by atoms with Crippen LogP contribution in [0.1, 0.15) is 46.6 Å². The van der Waals surface area contributed by atoms with Crippen LogP contribution in [0, 0.1) is 5.92 Å². The molecule has 0 saturated carbocycles. The van der Waals surface area contributed by atoms with Crippen molar-refractivity contribution < 1.29 is 33.4 Å². The Morgan fingerprint density at radius 1 is 1.10 bits per heavy atom. The Bertz CT molecular complexity index is 760. The van der Waals surface area contributed by atoms with E-state index in [0.717, 1.165) is 5.56 Å². The molecule has 1 saturated heterocycles. The molecule has 8 heteroatoms. The van der Waals surface area contributed by atoms with Crippen molar-refractivity contribution in [2.45, 2.75) is 64.9 Å². The molecule has 1 atom stereocenters. The molecule has 1 heterocycles. The highest BCUT2D eigenvalue weighted by Gasteiger charge is 2.47. The largest absolute Gasteiger partial charge is 0.444 e. The highest BCUT2D eigenvalue weighted by Crippen LogP contribution is 2.25. The van der Waals surface area contributed by atoms with E-state index in [4.69, 9.17) is 14.2 Å². The zero-order chi connectivity index (χ0) is 21.8. The second-order valence-electron chi connectivity index (χ2n) is 8.38. The van der Waals surface area contributed by atoms with Crippen molar-refractivity contribution in [1.82, 2.24) is 5.32 Å². The maximum Gasteiger partial charge on any atom is 0.407 e. The second-order valence-corrected chi connectivity index (χ2v) is 8.38. The minimum Gasteiger partial charge on any atom is -0.444 e. The topological polar surface area (TPSA) is 108 Å². The standard InChI is InChI=1S/C21H27NO7/c1-20(2,3)29-19(26)22-14(11-13-9-7-6-8-10-13)12-15(23)16-17(24)27-21(4,5)28-18(16)25/h6-10,14,16H,11-12H2,1-5H3,(H,22,26). The fourth-order valence-corrected chi connectivity index (χ4v) is 2.89. The summed E-state index contributed by atoms with van der Waals surface area (Å²) in [6.45, 7) is 7.98. The molecule has 2 rings (SSSR count). The van der Waals surface area contributed by atoms with Gasteiger partial charge in [-0.05, 0) is 32.8 Å². The average Bonchev–Trinajstić information content (AvgIpc) is 2.51. The van der Waals surface area contributed by atoms with Crippen LogP contribution in [-0.2, 0) is 35.0 Å². The molecule has 1 aliphatic rings. The van der Waals surface area contributed by atoms with E-state index < -0.39 is 47.2 Å². The van der Waals surface area contributed by atoms with Crippen LogP contribution < -0.4 is 5.32 Å². The lowest BCUT2D eigenvalue weighted by atomic mass is 9.94. The van der Waals surface area contributed by atoms with E-state index in [2.05, 4.69) is 5.32 Å². The maximum atomic E-state index is 12.7. The summed E-state index contributed by atoms with van der Waals surface area (Å²) in [7, 11) is 0. The molecule has 1 aromatic rings. The third-order valence-electron chi connectivity index (χ3n) is 3.98. The molecular weight excluding hydrogens is 378 g/mol. The maximum absolute atomic E-state index is 12.7. The average molecular weight is 405 g/mol. The number of alkyl carbamates (subject to hydrolysis) is 1. The number of nitrogens with one attached hydrogen (secondary N) is 1. The van der Waals surface area contributed by atoms with Crippen LogP contribution in [0.5, 0.6) is 0 Å². The van der Waals surface area contributed by atoms with Crippen molar-refractivity contribution in [2.24, 2.45) is 5.92 Å². The van der Waals surface area contributed by atoms with Crippen LogP contribution in [0.3, 0.4) is 0 Å². The highest BCUT2D eigenvalue weighted by atomic mass is 16.7. The molecule has 1 N–H and O–H groups in total. The van der Waals surface area contributed by atoms with Gasteiger partial charge in [0, 0.05) is 26.3 Å². The fourth-order valence-electron chi connectivity index (χ4n) is 2.89. The van der Waals surface area contributed by atoms with Gasteiger partial charge in [-0.3, -0.25) is 14.4 Å². The minimum atomic E-state index is -1.67. The number of hydrogen-bond donors (Lipinski definition) is 1. The Morgan fingerprint density at radius 2 is 1.66 bits per heavy atom. The quantitative estimate of drug-likeness (QED) is 0.572. The first-order valence-electron chi connectivity index (χ1n) is 9.38. The molecule has 1 aliphatic heterocycles. The van der Waals surface area contributed by atoms with E-state index in [1.54, 1.807) is 20.8 Å². The normalized spacial score (nSPS) is 17.7. The summed E-state index contributed by atoms with van der Waals surface area (Å²) in [5.74, 6) is -5.67. The van der Waals surface area contributed by atoms with Crippen molar-refractivity contribution in [3.8, 4) is 0 Å². The zero-order valence-corrected chi connectivity index (χ0v) is 17.3. The van der Waals surface area contributed by atoms with Gasteiger partial charge in [0.05, 0.1) is 0 Å². The number of hydrogen-bond acceptors (Lipinski definition) is 7. The molecule has 1 unspecified atom stereocenters.